The fourth-order valence-corrected chi connectivity index (χ4v) is 1.79. The van der Waals surface area contributed by atoms with Crippen molar-refractivity contribution in [3.63, 3.8) is 0 Å². The van der Waals surface area contributed by atoms with Gasteiger partial charge in [-0.05, 0) is 25.8 Å². The quantitative estimate of drug-likeness (QED) is 0.430. The second kappa shape index (κ2) is 7.44. The molecule has 0 radical (unpaired) electrons. The predicted octanol–water partition coefficient (Wildman–Crippen LogP) is 2.19. The maximum atomic E-state index is 11.1. The zero-order chi connectivity index (χ0) is 15.1. The normalized spacial score (nSPS) is 11.9. The topological polar surface area (TPSA) is 102 Å². The molecule has 1 rings (SSSR count). The second-order valence-corrected chi connectivity index (χ2v) is 4.43. The van der Waals surface area contributed by atoms with Crippen LogP contribution in [0.15, 0.2) is 18.2 Å². The predicted molar refractivity (Wildman–Crippen MR) is 74.0 cm³/mol. The molecule has 0 bridgehead atoms. The summed E-state index contributed by atoms with van der Waals surface area (Å²) >= 11 is 0. The minimum Gasteiger partial charge on any atom is -0.480 e. The van der Waals surface area contributed by atoms with E-state index < -0.39 is 16.9 Å². The van der Waals surface area contributed by atoms with Crippen LogP contribution in [0.2, 0.25) is 0 Å². The molecule has 1 aromatic rings. The van der Waals surface area contributed by atoms with Gasteiger partial charge in [0.1, 0.15) is 6.04 Å². The molecule has 110 valence electrons. The summed E-state index contributed by atoms with van der Waals surface area (Å²) in [5.41, 5.74) is 0.926. The van der Waals surface area contributed by atoms with Crippen LogP contribution in [0.3, 0.4) is 0 Å². The van der Waals surface area contributed by atoms with Gasteiger partial charge in [0, 0.05) is 31.0 Å². The lowest BCUT2D eigenvalue weighted by molar-refractivity contribution is -0.385. The van der Waals surface area contributed by atoms with Crippen molar-refractivity contribution >= 4 is 17.3 Å². The van der Waals surface area contributed by atoms with E-state index >= 15 is 0 Å². The fraction of sp³-hybridized carbons (Fsp3) is 0.462. The zero-order valence-corrected chi connectivity index (χ0v) is 11.5. The van der Waals surface area contributed by atoms with E-state index in [1.807, 2.05) is 0 Å². The van der Waals surface area contributed by atoms with E-state index in [0.717, 1.165) is 0 Å². The first-order chi connectivity index (χ1) is 9.45. The largest absolute Gasteiger partial charge is 0.480 e. The van der Waals surface area contributed by atoms with Gasteiger partial charge in [0.15, 0.2) is 0 Å². The van der Waals surface area contributed by atoms with Crippen LogP contribution in [0.5, 0.6) is 0 Å². The number of anilines is 1. The highest BCUT2D eigenvalue weighted by atomic mass is 16.6. The summed E-state index contributed by atoms with van der Waals surface area (Å²) in [6.07, 6.45) is 0.971. The summed E-state index contributed by atoms with van der Waals surface area (Å²) in [5, 5.41) is 22.8. The highest BCUT2D eigenvalue weighted by Gasteiger charge is 2.18. The molecule has 0 fully saturated rings. The molecule has 7 nitrogen and oxygen atoms in total. The lowest BCUT2D eigenvalue weighted by Gasteiger charge is -2.15. The number of benzene rings is 1. The van der Waals surface area contributed by atoms with Crippen LogP contribution in [0, 0.1) is 17.0 Å². The number of aryl methyl sites for hydroxylation is 1. The monoisotopic (exact) mass is 282 g/mol. The van der Waals surface area contributed by atoms with E-state index in [1.54, 1.807) is 26.2 Å². The average molecular weight is 282 g/mol. The van der Waals surface area contributed by atoms with Crippen LogP contribution in [0.25, 0.3) is 0 Å². The summed E-state index contributed by atoms with van der Waals surface area (Å²) in [6.45, 7) is 2.11. The number of nitro groups is 1. The summed E-state index contributed by atoms with van der Waals surface area (Å²) in [5.74, 6) is -0.996. The standard InChI is InChI=1S/C13H18N2O5/c1-9-5-6-10(8-12(9)15(18)19)14-11(13(16)17)4-3-7-20-2/h5-6,8,11,14H,3-4,7H2,1-2H3,(H,16,17). The van der Waals surface area contributed by atoms with Gasteiger partial charge < -0.3 is 15.2 Å². The lowest BCUT2D eigenvalue weighted by atomic mass is 10.1. The molecular weight excluding hydrogens is 264 g/mol. The first kappa shape index (κ1) is 15.9. The Morgan fingerprint density at radius 3 is 2.80 bits per heavy atom. The van der Waals surface area contributed by atoms with Crippen LogP contribution in [-0.2, 0) is 9.53 Å². The highest BCUT2D eigenvalue weighted by molar-refractivity contribution is 5.77. The molecule has 0 aliphatic rings. The smallest absolute Gasteiger partial charge is 0.326 e. The number of carbonyl (C=O) groups is 1. The van der Waals surface area contributed by atoms with E-state index in [9.17, 15) is 14.9 Å². The molecule has 0 saturated carbocycles. The number of hydrogen-bond acceptors (Lipinski definition) is 5. The van der Waals surface area contributed by atoms with Crippen LogP contribution in [0.1, 0.15) is 18.4 Å². The maximum Gasteiger partial charge on any atom is 0.326 e. The molecule has 20 heavy (non-hydrogen) atoms. The molecule has 7 heteroatoms. The van der Waals surface area contributed by atoms with E-state index in [2.05, 4.69) is 5.32 Å². The molecule has 0 heterocycles. The molecule has 2 N–H and O–H groups in total. The number of aliphatic carboxylic acids is 1. The van der Waals surface area contributed by atoms with Gasteiger partial charge in [-0.25, -0.2) is 4.79 Å². The molecule has 1 atom stereocenters. The highest BCUT2D eigenvalue weighted by Crippen LogP contribution is 2.23. The third-order valence-corrected chi connectivity index (χ3v) is 2.89. The van der Waals surface area contributed by atoms with Gasteiger partial charge in [0.2, 0.25) is 0 Å². The Balaban J connectivity index is 2.80. The number of carboxylic acids is 1. The summed E-state index contributed by atoms with van der Waals surface area (Å²) in [6, 6.07) is 3.78. The van der Waals surface area contributed by atoms with E-state index in [-0.39, 0.29) is 5.69 Å². The molecule has 0 saturated heterocycles. The summed E-state index contributed by atoms with van der Waals surface area (Å²) < 4.78 is 4.88. The van der Waals surface area contributed by atoms with Crippen LogP contribution >= 0.6 is 0 Å². The molecule has 0 aliphatic heterocycles. The third kappa shape index (κ3) is 4.51. The molecule has 0 amide bonds. The number of nitrogens with zero attached hydrogens (tertiary/aromatic N) is 1. The number of hydrogen-bond donors (Lipinski definition) is 2. The molecule has 1 unspecified atom stereocenters. The number of carboxylic acid groups (broad SMARTS) is 1. The summed E-state index contributed by atoms with van der Waals surface area (Å²) in [4.78, 5) is 21.5. The third-order valence-electron chi connectivity index (χ3n) is 2.89. The fourth-order valence-electron chi connectivity index (χ4n) is 1.79. The van der Waals surface area contributed by atoms with Crippen molar-refractivity contribution in [2.75, 3.05) is 19.0 Å². The van der Waals surface area contributed by atoms with E-state index in [4.69, 9.17) is 9.84 Å². The number of nitrogens with one attached hydrogen (secondary N) is 1. The Hall–Kier alpha value is -2.15. The minimum atomic E-state index is -0.996. The number of methoxy groups -OCH3 is 1. The molecule has 0 spiro atoms. The Morgan fingerprint density at radius 1 is 1.55 bits per heavy atom. The zero-order valence-electron chi connectivity index (χ0n) is 11.5. The van der Waals surface area contributed by atoms with Crippen molar-refractivity contribution in [3.05, 3.63) is 33.9 Å². The van der Waals surface area contributed by atoms with E-state index in [0.29, 0.717) is 30.7 Å². The molecule has 0 aliphatic carbocycles. The van der Waals surface area contributed by atoms with Gasteiger partial charge in [-0.2, -0.15) is 0 Å². The van der Waals surface area contributed by atoms with Crippen LogP contribution in [-0.4, -0.2) is 35.8 Å². The minimum absolute atomic E-state index is 0.0315. The Bertz CT molecular complexity index is 490. The van der Waals surface area contributed by atoms with Gasteiger partial charge in [-0.1, -0.05) is 6.07 Å². The van der Waals surface area contributed by atoms with Gasteiger partial charge in [0.25, 0.3) is 5.69 Å². The first-order valence-electron chi connectivity index (χ1n) is 6.19. The van der Waals surface area contributed by atoms with Crippen molar-refractivity contribution in [3.8, 4) is 0 Å². The van der Waals surface area contributed by atoms with Gasteiger partial charge in [-0.3, -0.25) is 10.1 Å². The molecule has 1 aromatic carbocycles. The van der Waals surface area contributed by atoms with Crippen molar-refractivity contribution in [1.29, 1.82) is 0 Å². The second-order valence-electron chi connectivity index (χ2n) is 4.43. The van der Waals surface area contributed by atoms with Gasteiger partial charge in [0.05, 0.1) is 4.92 Å². The molecular formula is C13H18N2O5. The van der Waals surface area contributed by atoms with Crippen molar-refractivity contribution in [1.82, 2.24) is 0 Å². The van der Waals surface area contributed by atoms with Crippen molar-refractivity contribution in [2.24, 2.45) is 0 Å². The number of rotatable bonds is 8. The number of nitro benzene ring substituents is 1. The maximum absolute atomic E-state index is 11.1. The van der Waals surface area contributed by atoms with Crippen molar-refractivity contribution in [2.45, 2.75) is 25.8 Å². The summed E-state index contributed by atoms with van der Waals surface area (Å²) in [7, 11) is 1.55. The number of ether oxygens (including phenoxy) is 1. The Labute approximate surface area is 116 Å². The Kier molecular flexibility index (Phi) is 5.92. The Morgan fingerprint density at radius 2 is 2.25 bits per heavy atom. The first-order valence-corrected chi connectivity index (χ1v) is 6.19. The lowest BCUT2D eigenvalue weighted by Crippen LogP contribution is -2.29. The molecule has 0 aromatic heterocycles. The average Bonchev–Trinajstić information content (AvgIpc) is 2.39. The van der Waals surface area contributed by atoms with Gasteiger partial charge >= 0.3 is 5.97 Å². The SMILES string of the molecule is COCCCC(Nc1ccc(C)c([N+](=O)[O-])c1)C(=O)O. The van der Waals surface area contributed by atoms with Crippen molar-refractivity contribution < 1.29 is 19.6 Å². The van der Waals surface area contributed by atoms with Crippen LogP contribution < -0.4 is 5.32 Å². The van der Waals surface area contributed by atoms with Crippen LogP contribution in [0.4, 0.5) is 11.4 Å². The van der Waals surface area contributed by atoms with E-state index in [1.165, 1.54) is 6.07 Å². The van der Waals surface area contributed by atoms with Gasteiger partial charge in [-0.15, -0.1) is 0 Å².